The number of carbonyl (C=O) groups is 4. The second kappa shape index (κ2) is 8.85. The Hall–Kier alpha value is -2.90. The summed E-state index contributed by atoms with van der Waals surface area (Å²) in [5, 5.41) is 5.62. The molecule has 8 nitrogen and oxygen atoms in total. The fourth-order valence-corrected chi connectivity index (χ4v) is 4.24. The molecule has 0 aromatic heterocycles. The first-order valence-corrected chi connectivity index (χ1v) is 10.5. The molecule has 2 atom stereocenters. The molecule has 4 amide bonds. The summed E-state index contributed by atoms with van der Waals surface area (Å²) in [5.74, 6) is -0.736. The SMILES string of the molecule is CC(C)C1C(=O)NCCN1C(=O)c1ccc(C(=O)N2CCNC(=O)C2C(C)C)cc1. The molecule has 0 saturated carbocycles. The van der Waals surface area contributed by atoms with Gasteiger partial charge in [0, 0.05) is 37.3 Å². The Bertz CT molecular complexity index is 765. The lowest BCUT2D eigenvalue weighted by molar-refractivity contribution is -0.130. The first-order chi connectivity index (χ1) is 14.2. The van der Waals surface area contributed by atoms with Crippen molar-refractivity contribution in [3.05, 3.63) is 35.4 Å². The maximum Gasteiger partial charge on any atom is 0.254 e. The Balaban J connectivity index is 1.78. The number of hydrogen-bond donors (Lipinski definition) is 2. The molecule has 1 aromatic carbocycles. The van der Waals surface area contributed by atoms with Gasteiger partial charge in [-0.15, -0.1) is 0 Å². The molecular weight excluding hydrogens is 384 g/mol. The fourth-order valence-electron chi connectivity index (χ4n) is 4.24. The first-order valence-electron chi connectivity index (χ1n) is 10.5. The molecule has 162 valence electrons. The Morgan fingerprint density at radius 2 is 1.10 bits per heavy atom. The Labute approximate surface area is 177 Å². The molecule has 0 radical (unpaired) electrons. The molecule has 2 N–H and O–H groups in total. The van der Waals surface area contributed by atoms with Gasteiger partial charge in [0.15, 0.2) is 0 Å². The van der Waals surface area contributed by atoms with Gasteiger partial charge in [-0.3, -0.25) is 19.2 Å². The number of benzene rings is 1. The van der Waals surface area contributed by atoms with Crippen molar-refractivity contribution in [3.63, 3.8) is 0 Å². The molecule has 0 spiro atoms. The van der Waals surface area contributed by atoms with Crippen LogP contribution in [0.3, 0.4) is 0 Å². The highest BCUT2D eigenvalue weighted by atomic mass is 16.2. The minimum atomic E-state index is -0.508. The molecular formula is C22H30N4O4. The van der Waals surface area contributed by atoms with Crippen molar-refractivity contribution in [3.8, 4) is 0 Å². The van der Waals surface area contributed by atoms with Crippen LogP contribution in [-0.4, -0.2) is 71.7 Å². The molecule has 0 bridgehead atoms. The standard InChI is InChI=1S/C22H30N4O4/c1-13(2)17-19(27)23-9-11-25(17)21(29)15-5-7-16(8-6-15)22(30)26-12-10-24-20(28)18(26)14(3)4/h5-8,13-14,17-18H,9-12H2,1-4H3,(H,23,27)(H,24,28). The summed E-state index contributed by atoms with van der Waals surface area (Å²) in [6, 6.07) is 5.46. The molecule has 2 aliphatic rings. The Morgan fingerprint density at radius 3 is 1.40 bits per heavy atom. The van der Waals surface area contributed by atoms with E-state index in [1.54, 1.807) is 34.1 Å². The zero-order valence-corrected chi connectivity index (χ0v) is 18.0. The van der Waals surface area contributed by atoms with E-state index in [1.807, 2.05) is 27.7 Å². The maximum absolute atomic E-state index is 13.0. The van der Waals surface area contributed by atoms with Crippen LogP contribution in [0.1, 0.15) is 48.4 Å². The third kappa shape index (κ3) is 4.17. The van der Waals surface area contributed by atoms with E-state index in [4.69, 9.17) is 0 Å². The van der Waals surface area contributed by atoms with Gasteiger partial charge in [-0.1, -0.05) is 27.7 Å². The summed E-state index contributed by atoms with van der Waals surface area (Å²) >= 11 is 0. The van der Waals surface area contributed by atoms with Crippen molar-refractivity contribution in [2.45, 2.75) is 39.8 Å². The van der Waals surface area contributed by atoms with Crippen LogP contribution in [0.2, 0.25) is 0 Å². The lowest BCUT2D eigenvalue weighted by atomic mass is 9.97. The van der Waals surface area contributed by atoms with Crippen molar-refractivity contribution < 1.29 is 19.2 Å². The van der Waals surface area contributed by atoms with Gasteiger partial charge < -0.3 is 20.4 Å². The largest absolute Gasteiger partial charge is 0.353 e. The van der Waals surface area contributed by atoms with Crippen LogP contribution in [0.5, 0.6) is 0 Å². The zero-order chi connectivity index (χ0) is 22.0. The van der Waals surface area contributed by atoms with Crippen molar-refractivity contribution >= 4 is 23.6 Å². The lowest BCUT2D eigenvalue weighted by Crippen LogP contribution is -2.59. The predicted octanol–water partition coefficient (Wildman–Crippen LogP) is 0.880. The van der Waals surface area contributed by atoms with Crippen molar-refractivity contribution in [1.82, 2.24) is 20.4 Å². The fraction of sp³-hybridized carbons (Fsp3) is 0.545. The number of hydrogen-bond acceptors (Lipinski definition) is 4. The van der Waals surface area contributed by atoms with Gasteiger partial charge >= 0.3 is 0 Å². The minimum absolute atomic E-state index is 0.00619. The number of carbonyl (C=O) groups excluding carboxylic acids is 4. The number of piperazine rings is 2. The van der Waals surface area contributed by atoms with Crippen molar-refractivity contribution in [2.24, 2.45) is 11.8 Å². The highest BCUT2D eigenvalue weighted by molar-refractivity contribution is 6.01. The molecule has 8 heteroatoms. The second-order valence-corrected chi connectivity index (χ2v) is 8.53. The van der Waals surface area contributed by atoms with Crippen molar-refractivity contribution in [2.75, 3.05) is 26.2 Å². The smallest absolute Gasteiger partial charge is 0.254 e. The van der Waals surface area contributed by atoms with Crippen LogP contribution in [0.15, 0.2) is 24.3 Å². The monoisotopic (exact) mass is 414 g/mol. The van der Waals surface area contributed by atoms with Crippen LogP contribution in [0, 0.1) is 11.8 Å². The predicted molar refractivity (Wildman–Crippen MR) is 112 cm³/mol. The maximum atomic E-state index is 13.0. The van der Waals surface area contributed by atoms with E-state index in [9.17, 15) is 19.2 Å². The summed E-state index contributed by atoms with van der Waals surface area (Å²) in [6.45, 7) is 9.42. The highest BCUT2D eigenvalue weighted by Gasteiger charge is 2.37. The van der Waals surface area contributed by atoms with Crippen molar-refractivity contribution in [1.29, 1.82) is 0 Å². The summed E-state index contributed by atoms with van der Waals surface area (Å²) in [5.41, 5.74) is 0.868. The zero-order valence-electron chi connectivity index (χ0n) is 18.0. The minimum Gasteiger partial charge on any atom is -0.353 e. The summed E-state index contributed by atoms with van der Waals surface area (Å²) < 4.78 is 0. The Morgan fingerprint density at radius 1 is 0.767 bits per heavy atom. The van der Waals surface area contributed by atoms with Crippen LogP contribution < -0.4 is 10.6 Å². The summed E-state index contributed by atoms with van der Waals surface area (Å²) in [7, 11) is 0. The van der Waals surface area contributed by atoms with Gasteiger partial charge in [0.2, 0.25) is 11.8 Å². The van der Waals surface area contributed by atoms with E-state index in [0.717, 1.165) is 0 Å². The van der Waals surface area contributed by atoms with E-state index in [1.165, 1.54) is 0 Å². The molecule has 30 heavy (non-hydrogen) atoms. The van der Waals surface area contributed by atoms with Gasteiger partial charge in [-0.25, -0.2) is 0 Å². The van der Waals surface area contributed by atoms with Gasteiger partial charge in [0.05, 0.1) is 0 Å². The molecule has 2 saturated heterocycles. The normalized spacial score (nSPS) is 22.2. The number of rotatable bonds is 4. The van der Waals surface area contributed by atoms with Crippen LogP contribution in [-0.2, 0) is 9.59 Å². The molecule has 1 aromatic rings. The molecule has 2 fully saturated rings. The van der Waals surface area contributed by atoms with Gasteiger partial charge in [-0.2, -0.15) is 0 Å². The topological polar surface area (TPSA) is 98.8 Å². The quantitative estimate of drug-likeness (QED) is 0.764. The molecule has 3 rings (SSSR count). The summed E-state index contributed by atoms with van der Waals surface area (Å²) in [6.07, 6.45) is 0. The summed E-state index contributed by atoms with van der Waals surface area (Å²) in [4.78, 5) is 53.7. The molecule has 0 aliphatic carbocycles. The number of nitrogens with zero attached hydrogens (tertiary/aromatic N) is 2. The van der Waals surface area contributed by atoms with Crippen LogP contribution in [0.4, 0.5) is 0 Å². The van der Waals surface area contributed by atoms with E-state index in [2.05, 4.69) is 10.6 Å². The molecule has 2 heterocycles. The average Bonchev–Trinajstić information content (AvgIpc) is 2.71. The van der Waals surface area contributed by atoms with Gasteiger partial charge in [0.25, 0.3) is 11.8 Å². The van der Waals surface area contributed by atoms with E-state index >= 15 is 0 Å². The first kappa shape index (κ1) is 21.8. The molecule has 2 aliphatic heterocycles. The van der Waals surface area contributed by atoms with E-state index in [0.29, 0.717) is 37.3 Å². The van der Waals surface area contributed by atoms with Crippen LogP contribution >= 0.6 is 0 Å². The third-order valence-electron chi connectivity index (χ3n) is 5.68. The average molecular weight is 415 g/mol. The van der Waals surface area contributed by atoms with Crippen LogP contribution in [0.25, 0.3) is 0 Å². The lowest BCUT2D eigenvalue weighted by Gasteiger charge is -2.37. The van der Waals surface area contributed by atoms with E-state index in [-0.39, 0.29) is 35.5 Å². The Kier molecular flexibility index (Phi) is 6.43. The van der Waals surface area contributed by atoms with Gasteiger partial charge in [-0.05, 0) is 36.1 Å². The van der Waals surface area contributed by atoms with E-state index < -0.39 is 12.1 Å². The highest BCUT2D eigenvalue weighted by Crippen LogP contribution is 2.20. The number of amides is 4. The second-order valence-electron chi connectivity index (χ2n) is 8.53. The third-order valence-corrected chi connectivity index (χ3v) is 5.68. The number of nitrogens with one attached hydrogen (secondary N) is 2. The van der Waals surface area contributed by atoms with Gasteiger partial charge in [0.1, 0.15) is 12.1 Å². The molecule has 2 unspecified atom stereocenters.